The molecule has 4 N–H and O–H groups in total. The second-order valence-electron chi connectivity index (χ2n) is 7.42. The van der Waals surface area contributed by atoms with Gasteiger partial charge in [-0.25, -0.2) is 13.9 Å². The van der Waals surface area contributed by atoms with Crippen molar-refractivity contribution in [3.63, 3.8) is 0 Å². The Morgan fingerprint density at radius 2 is 2.00 bits per heavy atom. The number of phosphoric acid groups is 1. The number of allylic oxidation sites excluding steroid dienone is 2. The summed E-state index contributed by atoms with van der Waals surface area (Å²) in [6, 6.07) is 13.2. The van der Waals surface area contributed by atoms with Crippen molar-refractivity contribution < 1.29 is 32.5 Å². The van der Waals surface area contributed by atoms with Gasteiger partial charge in [0.15, 0.2) is 5.76 Å². The van der Waals surface area contributed by atoms with E-state index in [2.05, 4.69) is 14.7 Å². The SMILES string of the molecule is NC1C(c2cc(Cc3cccc(OCc4cccc(F)c4)n3)no2)=CC=CN1COP(=O)(O)O. The zero-order chi connectivity index (χ0) is 24.1. The monoisotopic (exact) mass is 488 g/mol. The molecule has 178 valence electrons. The van der Waals surface area contributed by atoms with Gasteiger partial charge in [-0.3, -0.25) is 4.52 Å². The maximum atomic E-state index is 13.3. The number of rotatable bonds is 9. The molecule has 0 spiro atoms. The first-order valence-electron chi connectivity index (χ1n) is 10.2. The van der Waals surface area contributed by atoms with Gasteiger partial charge in [0.05, 0.1) is 11.4 Å². The van der Waals surface area contributed by atoms with E-state index in [4.69, 9.17) is 24.8 Å². The molecular weight excluding hydrogens is 466 g/mol. The summed E-state index contributed by atoms with van der Waals surface area (Å²) >= 11 is 0. The zero-order valence-electron chi connectivity index (χ0n) is 17.8. The van der Waals surface area contributed by atoms with Gasteiger partial charge in [0.25, 0.3) is 0 Å². The number of hydrogen-bond acceptors (Lipinski definition) is 8. The predicted molar refractivity (Wildman–Crippen MR) is 119 cm³/mol. The molecule has 3 heterocycles. The van der Waals surface area contributed by atoms with E-state index in [-0.39, 0.29) is 12.4 Å². The van der Waals surface area contributed by atoms with E-state index in [1.807, 2.05) is 6.07 Å². The Balaban J connectivity index is 1.39. The quantitative estimate of drug-likeness (QED) is 0.385. The Morgan fingerprint density at radius 3 is 2.79 bits per heavy atom. The van der Waals surface area contributed by atoms with Crippen LogP contribution in [0.3, 0.4) is 0 Å². The first-order chi connectivity index (χ1) is 16.3. The van der Waals surface area contributed by atoms with Crippen molar-refractivity contribution in [1.29, 1.82) is 0 Å². The molecule has 0 saturated carbocycles. The van der Waals surface area contributed by atoms with Crippen molar-refractivity contribution >= 4 is 13.4 Å². The van der Waals surface area contributed by atoms with Gasteiger partial charge >= 0.3 is 7.82 Å². The second-order valence-corrected chi connectivity index (χ2v) is 8.66. The fourth-order valence-electron chi connectivity index (χ4n) is 3.26. The number of aromatic nitrogens is 2. The standard InChI is InChI=1S/C22H22FN4O6P/c23-16-5-1-4-15(10-16)13-31-21-8-2-6-17(25-21)11-18-12-20(33-26-18)19-7-3-9-27(22(19)24)14-32-34(28,29)30/h1-10,12,22H,11,13-14,24H2,(H2,28,29,30). The molecule has 0 saturated heterocycles. The fourth-order valence-corrected chi connectivity index (χ4v) is 3.54. The zero-order valence-corrected chi connectivity index (χ0v) is 18.7. The molecule has 2 aromatic heterocycles. The van der Waals surface area contributed by atoms with Gasteiger partial charge in [-0.2, -0.15) is 0 Å². The number of halogens is 1. The van der Waals surface area contributed by atoms with Crippen LogP contribution < -0.4 is 10.5 Å². The second kappa shape index (κ2) is 10.3. The van der Waals surface area contributed by atoms with Gasteiger partial charge in [-0.15, -0.1) is 0 Å². The van der Waals surface area contributed by atoms with E-state index in [9.17, 15) is 8.96 Å². The highest BCUT2D eigenvalue weighted by atomic mass is 31.2. The summed E-state index contributed by atoms with van der Waals surface area (Å²) in [7, 11) is -4.63. The van der Waals surface area contributed by atoms with Crippen LogP contribution in [0.2, 0.25) is 0 Å². The average molecular weight is 488 g/mol. The van der Waals surface area contributed by atoms with E-state index >= 15 is 0 Å². The van der Waals surface area contributed by atoms with E-state index in [1.165, 1.54) is 17.0 Å². The van der Waals surface area contributed by atoms with Gasteiger partial charge in [0.1, 0.15) is 25.3 Å². The largest absolute Gasteiger partial charge is 0.473 e. The topological polar surface area (TPSA) is 144 Å². The molecule has 0 amide bonds. The lowest BCUT2D eigenvalue weighted by Crippen LogP contribution is -2.41. The molecule has 0 radical (unpaired) electrons. The summed E-state index contributed by atoms with van der Waals surface area (Å²) in [6.45, 7) is -0.212. The molecule has 1 unspecified atom stereocenters. The summed E-state index contributed by atoms with van der Waals surface area (Å²) in [6.07, 6.45) is 4.55. The molecule has 1 aliphatic heterocycles. The highest BCUT2D eigenvalue weighted by molar-refractivity contribution is 7.46. The molecule has 34 heavy (non-hydrogen) atoms. The lowest BCUT2D eigenvalue weighted by Gasteiger charge is -2.30. The van der Waals surface area contributed by atoms with Crippen molar-refractivity contribution in [3.05, 3.63) is 95.4 Å². The van der Waals surface area contributed by atoms with Crippen LogP contribution >= 0.6 is 7.82 Å². The van der Waals surface area contributed by atoms with Crippen molar-refractivity contribution in [2.45, 2.75) is 19.2 Å². The van der Waals surface area contributed by atoms with Crippen molar-refractivity contribution in [1.82, 2.24) is 15.0 Å². The molecule has 4 rings (SSSR count). The molecule has 3 aromatic rings. The van der Waals surface area contributed by atoms with E-state index in [1.54, 1.807) is 48.7 Å². The van der Waals surface area contributed by atoms with Gasteiger partial charge in [0.2, 0.25) is 5.88 Å². The fraction of sp³-hybridized carbons (Fsp3) is 0.182. The molecule has 1 aromatic carbocycles. The third-order valence-electron chi connectivity index (χ3n) is 4.87. The summed E-state index contributed by atoms with van der Waals surface area (Å²) in [5, 5.41) is 4.07. The lowest BCUT2D eigenvalue weighted by atomic mass is 10.1. The summed E-state index contributed by atoms with van der Waals surface area (Å²) < 4.78 is 39.9. The summed E-state index contributed by atoms with van der Waals surface area (Å²) in [5.41, 5.74) is 8.74. The Bertz CT molecular complexity index is 1260. The van der Waals surface area contributed by atoms with Crippen LogP contribution in [0.1, 0.15) is 22.7 Å². The van der Waals surface area contributed by atoms with Crippen LogP contribution in [-0.4, -0.2) is 37.7 Å². The van der Waals surface area contributed by atoms with Crippen LogP contribution in [0.25, 0.3) is 5.57 Å². The molecule has 0 bridgehead atoms. The third-order valence-corrected chi connectivity index (χ3v) is 5.32. The minimum Gasteiger partial charge on any atom is -0.473 e. The molecule has 1 aliphatic rings. The Morgan fingerprint density at radius 1 is 1.18 bits per heavy atom. The van der Waals surface area contributed by atoms with Crippen molar-refractivity contribution in [2.24, 2.45) is 5.73 Å². The first-order valence-corrected chi connectivity index (χ1v) is 11.7. The highest BCUT2D eigenvalue weighted by Crippen LogP contribution is 2.36. The highest BCUT2D eigenvalue weighted by Gasteiger charge is 2.25. The maximum absolute atomic E-state index is 13.3. The van der Waals surface area contributed by atoms with Gasteiger partial charge in [0, 0.05) is 30.3 Å². The van der Waals surface area contributed by atoms with Crippen molar-refractivity contribution in [2.75, 3.05) is 6.73 Å². The van der Waals surface area contributed by atoms with Crippen LogP contribution in [0.4, 0.5) is 4.39 Å². The summed E-state index contributed by atoms with van der Waals surface area (Å²) in [4.78, 5) is 23.7. The lowest BCUT2D eigenvalue weighted by molar-refractivity contribution is 0.110. The third kappa shape index (κ3) is 6.37. The molecule has 0 fully saturated rings. The minimum atomic E-state index is -4.63. The van der Waals surface area contributed by atoms with Gasteiger partial charge in [-0.1, -0.05) is 29.4 Å². The Hall–Kier alpha value is -3.34. The number of nitrogens with zero attached hydrogens (tertiary/aromatic N) is 3. The van der Waals surface area contributed by atoms with Crippen LogP contribution in [0.5, 0.6) is 5.88 Å². The van der Waals surface area contributed by atoms with Gasteiger partial charge in [-0.05, 0) is 29.8 Å². The smallest absolute Gasteiger partial charge is 0.471 e. The van der Waals surface area contributed by atoms with Crippen LogP contribution in [0.15, 0.2) is 71.4 Å². The van der Waals surface area contributed by atoms with Crippen LogP contribution in [-0.2, 0) is 22.1 Å². The molecule has 1 atom stereocenters. The first kappa shape index (κ1) is 23.8. The number of hydrogen-bond donors (Lipinski definition) is 3. The minimum absolute atomic E-state index is 0.185. The Labute approximate surface area is 194 Å². The number of pyridine rings is 1. The number of phosphoric ester groups is 1. The Kier molecular flexibility index (Phi) is 7.20. The van der Waals surface area contributed by atoms with E-state index in [0.29, 0.717) is 40.6 Å². The normalized spacial score (nSPS) is 15.9. The van der Waals surface area contributed by atoms with Crippen molar-refractivity contribution in [3.8, 4) is 5.88 Å². The average Bonchev–Trinajstić information content (AvgIpc) is 3.25. The predicted octanol–water partition coefficient (Wildman–Crippen LogP) is 2.94. The van der Waals surface area contributed by atoms with E-state index in [0.717, 1.165) is 0 Å². The number of ether oxygens (including phenoxy) is 1. The molecule has 0 aliphatic carbocycles. The van der Waals surface area contributed by atoms with Gasteiger partial charge < -0.3 is 29.7 Å². The van der Waals surface area contributed by atoms with Crippen LogP contribution in [0, 0.1) is 5.82 Å². The molecule has 10 nitrogen and oxygen atoms in total. The molecule has 12 heteroatoms. The molecular formula is C22H22FN4O6P. The van der Waals surface area contributed by atoms with E-state index < -0.39 is 20.7 Å². The summed E-state index contributed by atoms with van der Waals surface area (Å²) in [5.74, 6) is 0.477. The number of benzene rings is 1. The number of nitrogens with two attached hydrogens (primary N) is 1. The maximum Gasteiger partial charge on any atom is 0.471 e.